The number of sulfonamides is 1. The highest BCUT2D eigenvalue weighted by molar-refractivity contribution is 7.89. The van der Waals surface area contributed by atoms with Crippen LogP contribution in [-0.4, -0.2) is 66.3 Å². The van der Waals surface area contributed by atoms with E-state index in [1.807, 2.05) is 12.3 Å². The second-order valence-electron chi connectivity index (χ2n) is 10.3. The largest absolute Gasteiger partial charge is 0.490 e. The van der Waals surface area contributed by atoms with E-state index in [9.17, 15) is 26.4 Å². The summed E-state index contributed by atoms with van der Waals surface area (Å²) in [6.45, 7) is 8.89. The first-order valence-electron chi connectivity index (χ1n) is 13.1. The number of nitrogens with one attached hydrogen (secondary N) is 2. The molecule has 9 nitrogen and oxygen atoms in total. The van der Waals surface area contributed by atoms with E-state index in [-0.39, 0.29) is 11.7 Å². The van der Waals surface area contributed by atoms with Crippen LogP contribution in [0.3, 0.4) is 0 Å². The third-order valence-corrected chi connectivity index (χ3v) is 9.64. The highest BCUT2D eigenvalue weighted by Crippen LogP contribution is 2.38. The van der Waals surface area contributed by atoms with E-state index in [0.717, 1.165) is 53.5 Å². The number of primary amides is 1. The van der Waals surface area contributed by atoms with E-state index in [1.54, 1.807) is 22.6 Å². The Morgan fingerprint density at radius 2 is 1.83 bits per heavy atom. The number of aromatic nitrogens is 1. The number of fused-ring (bicyclic) bond motifs is 1. The van der Waals surface area contributed by atoms with E-state index in [0.29, 0.717) is 24.6 Å². The molecule has 0 bridgehead atoms. The van der Waals surface area contributed by atoms with Crippen molar-refractivity contribution >= 4 is 44.1 Å². The Kier molecular flexibility index (Phi) is 10.6. The van der Waals surface area contributed by atoms with Crippen molar-refractivity contribution in [3.63, 3.8) is 0 Å². The van der Waals surface area contributed by atoms with Crippen molar-refractivity contribution in [1.82, 2.24) is 14.6 Å². The van der Waals surface area contributed by atoms with Crippen LogP contribution in [0.25, 0.3) is 22.0 Å². The Morgan fingerprint density at radius 1 is 1.20 bits per heavy atom. The van der Waals surface area contributed by atoms with Gasteiger partial charge in [0.1, 0.15) is 0 Å². The molecule has 1 aliphatic heterocycles. The van der Waals surface area contributed by atoms with Gasteiger partial charge in [-0.15, -0.1) is 11.3 Å². The van der Waals surface area contributed by atoms with Crippen LogP contribution < -0.4 is 11.1 Å². The number of piperidine rings is 1. The van der Waals surface area contributed by atoms with Crippen LogP contribution in [0.15, 0.2) is 29.8 Å². The zero-order chi connectivity index (χ0) is 30.5. The number of carbonyl (C=O) groups is 2. The Bertz CT molecular complexity index is 1470. The second kappa shape index (κ2) is 13.4. The molecule has 41 heavy (non-hydrogen) atoms. The first-order chi connectivity index (χ1) is 19.1. The van der Waals surface area contributed by atoms with E-state index < -0.39 is 28.1 Å². The summed E-state index contributed by atoms with van der Waals surface area (Å²) in [5.41, 5.74) is 10.2. The van der Waals surface area contributed by atoms with Crippen LogP contribution in [0.4, 0.5) is 13.2 Å². The summed E-state index contributed by atoms with van der Waals surface area (Å²) in [5.74, 6) is -2.26. The molecule has 1 aromatic carbocycles. The number of halogens is 3. The summed E-state index contributed by atoms with van der Waals surface area (Å²) in [4.78, 5) is 25.7. The van der Waals surface area contributed by atoms with Gasteiger partial charge in [-0.2, -0.15) is 13.2 Å². The number of benzene rings is 1. The topological polar surface area (TPSA) is 146 Å². The van der Waals surface area contributed by atoms with Crippen molar-refractivity contribution in [3.05, 3.63) is 45.8 Å². The monoisotopic (exact) mass is 616 g/mol. The van der Waals surface area contributed by atoms with Gasteiger partial charge in [0.2, 0.25) is 10.0 Å². The lowest BCUT2D eigenvalue weighted by Gasteiger charge is -2.31. The van der Waals surface area contributed by atoms with E-state index >= 15 is 0 Å². The highest BCUT2D eigenvalue weighted by atomic mass is 32.2. The van der Waals surface area contributed by atoms with Crippen molar-refractivity contribution in [3.8, 4) is 11.1 Å². The number of carboxylic acids is 1. The van der Waals surface area contributed by atoms with Crippen LogP contribution in [0.1, 0.15) is 60.3 Å². The molecular weight excluding hydrogens is 581 g/mol. The van der Waals surface area contributed by atoms with Gasteiger partial charge in [0.05, 0.1) is 16.8 Å². The molecule has 0 unspecified atom stereocenters. The zero-order valence-corrected chi connectivity index (χ0v) is 24.7. The molecule has 3 heterocycles. The van der Waals surface area contributed by atoms with Crippen molar-refractivity contribution in [2.75, 3.05) is 25.4 Å². The van der Waals surface area contributed by atoms with Crippen LogP contribution in [0, 0.1) is 5.92 Å². The van der Waals surface area contributed by atoms with Crippen molar-refractivity contribution in [1.29, 1.82) is 0 Å². The number of hydrogen-bond acceptors (Lipinski definition) is 6. The number of aromatic amines is 1. The van der Waals surface area contributed by atoms with Gasteiger partial charge >= 0.3 is 12.1 Å². The SMILES string of the molecule is CCS(=O)(=O)N1CCC(c2c[nH]c3c(C(N)=O)cc(-c4csc(CNCC(C)C)c4)cc23)CC1.O=C(O)C(F)(F)F. The maximum absolute atomic E-state index is 12.3. The normalized spacial score (nSPS) is 15.2. The quantitative estimate of drug-likeness (QED) is 0.269. The number of H-pyrrole nitrogens is 1. The summed E-state index contributed by atoms with van der Waals surface area (Å²) in [6, 6.07) is 6.18. The average molecular weight is 617 g/mol. The van der Waals surface area contributed by atoms with Gasteiger partial charge in [0, 0.05) is 36.1 Å². The molecule has 4 rings (SSSR count). The fraction of sp³-hybridized carbons (Fsp3) is 0.481. The Morgan fingerprint density at radius 3 is 2.37 bits per heavy atom. The molecule has 3 aromatic rings. The molecule has 2 aromatic heterocycles. The third kappa shape index (κ3) is 8.31. The highest BCUT2D eigenvalue weighted by Gasteiger charge is 2.38. The summed E-state index contributed by atoms with van der Waals surface area (Å²) in [7, 11) is -3.17. The lowest BCUT2D eigenvalue weighted by Crippen LogP contribution is -2.38. The maximum Gasteiger partial charge on any atom is 0.490 e. The number of carboxylic acid groups (broad SMARTS) is 1. The Labute approximate surface area is 241 Å². The number of rotatable bonds is 9. The first-order valence-corrected chi connectivity index (χ1v) is 15.6. The first kappa shape index (κ1) is 32.6. The standard InChI is InChI=1S/C25H34N4O3S2.C2HF3O2/c1-4-34(31,32)29-7-5-17(6-8-29)23-14-28-24-21(23)10-18(11-22(24)25(26)30)19-9-20(33-15-19)13-27-12-16(2)3;3-2(4,5)1(6)7/h9-11,14-17,27-28H,4-8,12-13H2,1-3H3,(H2,26,30);(H,6,7). The molecular formula is C27H35F3N4O5S2. The van der Waals surface area contributed by atoms with Gasteiger partial charge in [0.25, 0.3) is 5.91 Å². The summed E-state index contributed by atoms with van der Waals surface area (Å²) in [6.07, 6.45) is -1.61. The molecule has 0 spiro atoms. The van der Waals surface area contributed by atoms with Crippen molar-refractivity contribution in [2.45, 2.75) is 52.3 Å². The molecule has 1 fully saturated rings. The summed E-state index contributed by atoms with van der Waals surface area (Å²) < 4.78 is 57.8. The van der Waals surface area contributed by atoms with E-state index in [4.69, 9.17) is 15.6 Å². The third-order valence-electron chi connectivity index (χ3n) is 6.82. The Hall–Kier alpha value is -2.94. The number of carbonyl (C=O) groups excluding carboxylic acids is 1. The summed E-state index contributed by atoms with van der Waals surface area (Å²) >= 11 is 1.71. The number of nitrogens with two attached hydrogens (primary N) is 1. The lowest BCUT2D eigenvalue weighted by atomic mass is 9.88. The van der Waals surface area contributed by atoms with Gasteiger partial charge in [-0.25, -0.2) is 17.5 Å². The van der Waals surface area contributed by atoms with Gasteiger partial charge in [-0.05, 0) is 78.4 Å². The minimum atomic E-state index is -5.08. The van der Waals surface area contributed by atoms with Gasteiger partial charge < -0.3 is 21.1 Å². The molecule has 14 heteroatoms. The van der Waals surface area contributed by atoms with Gasteiger partial charge in [-0.1, -0.05) is 13.8 Å². The van der Waals surface area contributed by atoms with Crippen molar-refractivity contribution in [2.24, 2.45) is 11.7 Å². The average Bonchev–Trinajstić information content (AvgIpc) is 3.55. The minimum absolute atomic E-state index is 0.131. The number of alkyl halides is 3. The van der Waals surface area contributed by atoms with Crippen LogP contribution >= 0.6 is 11.3 Å². The zero-order valence-electron chi connectivity index (χ0n) is 23.0. The van der Waals surface area contributed by atoms with Gasteiger partial charge in [-0.3, -0.25) is 4.79 Å². The lowest BCUT2D eigenvalue weighted by molar-refractivity contribution is -0.192. The van der Waals surface area contributed by atoms with Crippen LogP contribution in [0.2, 0.25) is 0 Å². The summed E-state index contributed by atoms with van der Waals surface area (Å²) in [5, 5.41) is 13.7. The molecule has 0 atom stereocenters. The fourth-order valence-electron chi connectivity index (χ4n) is 4.69. The molecule has 226 valence electrons. The molecule has 1 amide bonds. The molecule has 0 saturated carbocycles. The van der Waals surface area contributed by atoms with E-state index in [2.05, 4.69) is 41.7 Å². The fourth-order valence-corrected chi connectivity index (χ4v) is 6.68. The predicted molar refractivity (Wildman–Crippen MR) is 153 cm³/mol. The van der Waals surface area contributed by atoms with Crippen LogP contribution in [0.5, 0.6) is 0 Å². The molecule has 5 N–H and O–H groups in total. The molecule has 1 aliphatic rings. The number of aliphatic carboxylic acids is 1. The number of nitrogens with zero attached hydrogens (tertiary/aromatic N) is 1. The number of hydrogen-bond donors (Lipinski definition) is 4. The Balaban J connectivity index is 0.000000587. The minimum Gasteiger partial charge on any atom is -0.475 e. The maximum atomic E-state index is 12.3. The molecule has 0 radical (unpaired) electrons. The number of thiophene rings is 1. The van der Waals surface area contributed by atoms with Crippen LogP contribution in [-0.2, 0) is 21.4 Å². The predicted octanol–water partition coefficient (Wildman–Crippen LogP) is 4.90. The molecule has 1 saturated heterocycles. The second-order valence-corrected chi connectivity index (χ2v) is 13.5. The smallest absolute Gasteiger partial charge is 0.475 e. The van der Waals surface area contributed by atoms with E-state index in [1.165, 1.54) is 4.88 Å². The van der Waals surface area contributed by atoms with Gasteiger partial charge in [0.15, 0.2) is 0 Å². The molecule has 0 aliphatic carbocycles. The van der Waals surface area contributed by atoms with Crippen molar-refractivity contribution < 1.29 is 36.3 Å². The number of amides is 1.